The molecule has 0 N–H and O–H groups in total. The maximum Gasteiger partial charge on any atom is 0.419 e. The molecule has 0 radical (unpaired) electrons. The summed E-state index contributed by atoms with van der Waals surface area (Å²) in [4.78, 5) is 16.7. The maximum absolute atomic E-state index is 12.3. The van der Waals surface area contributed by atoms with Crippen molar-refractivity contribution in [3.05, 3.63) is 54.2 Å². The SMILES string of the molecule is CCOC(=O)n1c(-c2cc(C)ccn2)cc2ccccc21. The fourth-order valence-corrected chi connectivity index (χ4v) is 2.40. The van der Waals surface area contributed by atoms with Gasteiger partial charge in [0.1, 0.15) is 0 Å². The average molecular weight is 280 g/mol. The summed E-state index contributed by atoms with van der Waals surface area (Å²) in [5, 5.41) is 0.990. The lowest BCUT2D eigenvalue weighted by molar-refractivity contribution is 0.155. The molecule has 0 bridgehead atoms. The molecule has 0 aliphatic carbocycles. The number of aryl methyl sites for hydroxylation is 1. The monoisotopic (exact) mass is 280 g/mol. The molecule has 2 heterocycles. The highest BCUT2D eigenvalue weighted by Gasteiger charge is 2.17. The van der Waals surface area contributed by atoms with E-state index in [1.54, 1.807) is 17.7 Å². The predicted octanol–water partition coefficient (Wildman–Crippen LogP) is 4.02. The fraction of sp³-hybridized carbons (Fsp3) is 0.176. The number of hydrogen-bond acceptors (Lipinski definition) is 3. The van der Waals surface area contributed by atoms with E-state index >= 15 is 0 Å². The smallest absolute Gasteiger partial charge is 0.419 e. The van der Waals surface area contributed by atoms with E-state index in [4.69, 9.17) is 4.74 Å². The molecule has 3 rings (SSSR count). The summed E-state index contributed by atoms with van der Waals surface area (Å²) in [5.41, 5.74) is 3.44. The number of carbonyl (C=O) groups is 1. The molecule has 0 aliphatic heterocycles. The van der Waals surface area contributed by atoms with Crippen LogP contribution in [0, 0.1) is 6.92 Å². The van der Waals surface area contributed by atoms with Gasteiger partial charge in [-0.15, -0.1) is 0 Å². The van der Waals surface area contributed by atoms with Gasteiger partial charge in [0.2, 0.25) is 0 Å². The van der Waals surface area contributed by atoms with E-state index in [-0.39, 0.29) is 6.09 Å². The molecule has 0 amide bonds. The van der Waals surface area contributed by atoms with Crippen molar-refractivity contribution in [3.8, 4) is 11.4 Å². The highest BCUT2D eigenvalue weighted by Crippen LogP contribution is 2.27. The van der Waals surface area contributed by atoms with Crippen molar-refractivity contribution in [2.75, 3.05) is 6.61 Å². The van der Waals surface area contributed by atoms with Crippen LogP contribution in [-0.2, 0) is 4.74 Å². The van der Waals surface area contributed by atoms with Gasteiger partial charge >= 0.3 is 6.09 Å². The summed E-state index contributed by atoms with van der Waals surface area (Å²) < 4.78 is 6.77. The minimum absolute atomic E-state index is 0.339. The van der Waals surface area contributed by atoms with Crippen molar-refractivity contribution in [2.45, 2.75) is 13.8 Å². The standard InChI is InChI=1S/C17H16N2O2/c1-3-21-17(20)19-15-7-5-4-6-13(15)11-16(19)14-10-12(2)8-9-18-14/h4-11H,3H2,1-2H3. The van der Waals surface area contributed by atoms with Crippen molar-refractivity contribution >= 4 is 17.0 Å². The van der Waals surface area contributed by atoms with Gasteiger partial charge in [-0.05, 0) is 43.7 Å². The predicted molar refractivity (Wildman–Crippen MR) is 82.3 cm³/mol. The number of hydrogen-bond donors (Lipinski definition) is 0. The molecule has 2 aromatic heterocycles. The van der Waals surface area contributed by atoms with Crippen LogP contribution in [0.15, 0.2) is 48.7 Å². The van der Waals surface area contributed by atoms with Crippen molar-refractivity contribution in [1.29, 1.82) is 0 Å². The molecular formula is C17H16N2O2. The molecule has 4 heteroatoms. The first-order chi connectivity index (χ1) is 10.2. The van der Waals surface area contributed by atoms with Crippen LogP contribution in [0.4, 0.5) is 4.79 Å². The van der Waals surface area contributed by atoms with Crippen molar-refractivity contribution in [3.63, 3.8) is 0 Å². The highest BCUT2D eigenvalue weighted by molar-refractivity contribution is 5.95. The molecule has 1 aromatic carbocycles. The largest absolute Gasteiger partial charge is 0.449 e. The molecule has 106 valence electrons. The third-order valence-corrected chi connectivity index (χ3v) is 3.34. The Hall–Kier alpha value is -2.62. The number of nitrogens with zero attached hydrogens (tertiary/aromatic N) is 2. The van der Waals surface area contributed by atoms with Crippen LogP contribution in [0.2, 0.25) is 0 Å². The topological polar surface area (TPSA) is 44.1 Å². The molecule has 0 aliphatic rings. The van der Waals surface area contributed by atoms with Crippen LogP contribution in [-0.4, -0.2) is 22.3 Å². The number of carbonyl (C=O) groups excluding carboxylic acids is 1. The van der Waals surface area contributed by atoms with Gasteiger partial charge in [-0.1, -0.05) is 18.2 Å². The van der Waals surface area contributed by atoms with Crippen LogP contribution in [0.1, 0.15) is 12.5 Å². The molecule has 4 nitrogen and oxygen atoms in total. The summed E-state index contributed by atoms with van der Waals surface area (Å²) in [6, 6.07) is 13.6. The van der Waals surface area contributed by atoms with Crippen LogP contribution >= 0.6 is 0 Å². The first-order valence-electron chi connectivity index (χ1n) is 6.91. The van der Waals surface area contributed by atoms with Gasteiger partial charge in [-0.25, -0.2) is 9.36 Å². The third-order valence-electron chi connectivity index (χ3n) is 3.34. The molecule has 0 atom stereocenters. The normalized spacial score (nSPS) is 10.8. The second-order valence-electron chi connectivity index (χ2n) is 4.84. The second-order valence-corrected chi connectivity index (χ2v) is 4.84. The lowest BCUT2D eigenvalue weighted by atomic mass is 10.2. The summed E-state index contributed by atoms with van der Waals surface area (Å²) in [6.07, 6.45) is 1.37. The fourth-order valence-electron chi connectivity index (χ4n) is 2.40. The number of para-hydroxylation sites is 1. The quantitative estimate of drug-likeness (QED) is 0.712. The minimum Gasteiger partial charge on any atom is -0.449 e. The zero-order chi connectivity index (χ0) is 14.8. The van der Waals surface area contributed by atoms with E-state index in [0.717, 1.165) is 27.9 Å². The zero-order valence-corrected chi connectivity index (χ0v) is 12.0. The molecule has 0 saturated heterocycles. The summed E-state index contributed by atoms with van der Waals surface area (Å²) in [6.45, 7) is 4.14. The maximum atomic E-state index is 12.3. The average Bonchev–Trinajstić information content (AvgIpc) is 2.87. The first kappa shape index (κ1) is 13.4. The lowest BCUT2D eigenvalue weighted by Gasteiger charge is -2.09. The number of pyridine rings is 1. The molecule has 0 spiro atoms. The Balaban J connectivity index is 2.26. The van der Waals surface area contributed by atoms with E-state index in [0.29, 0.717) is 6.61 Å². The summed E-state index contributed by atoms with van der Waals surface area (Å²) >= 11 is 0. The number of aromatic nitrogens is 2. The third kappa shape index (κ3) is 2.40. The Labute approximate surface area is 123 Å². The van der Waals surface area contributed by atoms with Crippen LogP contribution < -0.4 is 0 Å². The number of benzene rings is 1. The molecule has 0 fully saturated rings. The minimum atomic E-state index is -0.378. The van der Waals surface area contributed by atoms with Crippen LogP contribution in [0.3, 0.4) is 0 Å². The van der Waals surface area contributed by atoms with Gasteiger partial charge in [0.25, 0.3) is 0 Å². The van der Waals surface area contributed by atoms with Crippen molar-refractivity contribution < 1.29 is 9.53 Å². The number of rotatable bonds is 2. The molecular weight excluding hydrogens is 264 g/mol. The van der Waals surface area contributed by atoms with E-state index in [1.807, 2.05) is 49.4 Å². The van der Waals surface area contributed by atoms with Gasteiger partial charge < -0.3 is 4.74 Å². The zero-order valence-electron chi connectivity index (χ0n) is 12.0. The highest BCUT2D eigenvalue weighted by atomic mass is 16.5. The van der Waals surface area contributed by atoms with Crippen molar-refractivity contribution in [1.82, 2.24) is 9.55 Å². The molecule has 0 unspecified atom stereocenters. The van der Waals surface area contributed by atoms with Gasteiger partial charge in [0.05, 0.1) is 23.5 Å². The molecule has 3 aromatic rings. The molecule has 0 saturated carbocycles. The van der Waals surface area contributed by atoms with Crippen molar-refractivity contribution in [2.24, 2.45) is 0 Å². The second kappa shape index (κ2) is 5.40. The van der Waals surface area contributed by atoms with Crippen LogP contribution in [0.25, 0.3) is 22.3 Å². The Morgan fingerprint density at radius 2 is 2.05 bits per heavy atom. The van der Waals surface area contributed by atoms with E-state index in [2.05, 4.69) is 4.98 Å². The van der Waals surface area contributed by atoms with Gasteiger partial charge in [0, 0.05) is 11.6 Å². The van der Waals surface area contributed by atoms with E-state index < -0.39 is 0 Å². The summed E-state index contributed by atoms with van der Waals surface area (Å²) in [7, 11) is 0. The van der Waals surface area contributed by atoms with E-state index in [9.17, 15) is 4.79 Å². The van der Waals surface area contributed by atoms with E-state index in [1.165, 1.54) is 0 Å². The number of fused-ring (bicyclic) bond motifs is 1. The Morgan fingerprint density at radius 1 is 1.24 bits per heavy atom. The Morgan fingerprint density at radius 3 is 2.81 bits per heavy atom. The van der Waals surface area contributed by atoms with Crippen LogP contribution in [0.5, 0.6) is 0 Å². The van der Waals surface area contributed by atoms with Gasteiger partial charge in [0.15, 0.2) is 0 Å². The lowest BCUT2D eigenvalue weighted by Crippen LogP contribution is -2.14. The summed E-state index contributed by atoms with van der Waals surface area (Å²) in [5.74, 6) is 0. The number of ether oxygens (including phenoxy) is 1. The Kier molecular flexibility index (Phi) is 3.44. The van der Waals surface area contributed by atoms with Gasteiger partial charge in [-0.2, -0.15) is 0 Å². The van der Waals surface area contributed by atoms with Gasteiger partial charge in [-0.3, -0.25) is 4.98 Å². The first-order valence-corrected chi connectivity index (χ1v) is 6.91. The Bertz CT molecular complexity index is 805. The molecule has 21 heavy (non-hydrogen) atoms.